The van der Waals surface area contributed by atoms with Crippen molar-refractivity contribution in [2.24, 2.45) is 0 Å². The van der Waals surface area contributed by atoms with Crippen LogP contribution in [0.3, 0.4) is 0 Å². The molecule has 0 aromatic carbocycles. The molecule has 0 spiro atoms. The van der Waals surface area contributed by atoms with Crippen molar-refractivity contribution >= 4 is 5.78 Å². The Morgan fingerprint density at radius 2 is 2.60 bits per heavy atom. The van der Waals surface area contributed by atoms with Crippen molar-refractivity contribution in [3.63, 3.8) is 0 Å². The van der Waals surface area contributed by atoms with Crippen LogP contribution in [0.1, 0.15) is 19.3 Å². The van der Waals surface area contributed by atoms with Crippen LogP contribution in [-0.2, 0) is 9.53 Å². The number of carbonyl (C=O) groups is 1. The second-order valence-electron chi connectivity index (χ2n) is 2.92. The van der Waals surface area contributed by atoms with Gasteiger partial charge in [0.25, 0.3) is 0 Å². The molecule has 1 aliphatic carbocycles. The molecule has 0 aromatic heterocycles. The van der Waals surface area contributed by atoms with Gasteiger partial charge in [-0.25, -0.2) is 0 Å². The van der Waals surface area contributed by atoms with Gasteiger partial charge < -0.3 is 4.74 Å². The van der Waals surface area contributed by atoms with Gasteiger partial charge in [-0.3, -0.25) is 4.79 Å². The smallest absolute Gasteiger partial charge is 0.171 e. The molecule has 2 heteroatoms. The average Bonchev–Trinajstić information content (AvgIpc) is 2.65. The Bertz CT molecular complexity index is 197. The molecule has 1 aliphatic heterocycles. The minimum absolute atomic E-state index is 0.172. The molecule has 2 aliphatic rings. The van der Waals surface area contributed by atoms with Crippen molar-refractivity contribution in [3.05, 3.63) is 12.7 Å². The maximum Gasteiger partial charge on any atom is 0.171 e. The third-order valence-electron chi connectivity index (χ3n) is 2.37. The first-order chi connectivity index (χ1) is 4.79. The molecule has 0 aromatic rings. The zero-order valence-corrected chi connectivity index (χ0v) is 5.80. The number of hydrogen-bond acceptors (Lipinski definition) is 2. The van der Waals surface area contributed by atoms with E-state index in [1.807, 2.05) is 0 Å². The van der Waals surface area contributed by atoms with E-state index < -0.39 is 5.60 Å². The van der Waals surface area contributed by atoms with E-state index in [-0.39, 0.29) is 11.9 Å². The molecule has 1 saturated heterocycles. The molecule has 0 radical (unpaired) electrons. The monoisotopic (exact) mass is 138 g/mol. The maximum atomic E-state index is 11.2. The number of hydrogen-bond donors (Lipinski definition) is 0. The number of ketones is 1. The fourth-order valence-electron chi connectivity index (χ4n) is 1.66. The summed E-state index contributed by atoms with van der Waals surface area (Å²) in [7, 11) is 0. The lowest BCUT2D eigenvalue weighted by Crippen LogP contribution is -2.28. The fraction of sp³-hybridized carbons (Fsp3) is 0.625. The lowest BCUT2D eigenvalue weighted by atomic mass is 9.88. The van der Waals surface area contributed by atoms with Gasteiger partial charge in [-0.05, 0) is 18.9 Å². The SMILES string of the molecule is C=CC12OC1CCCC2=O. The first-order valence-corrected chi connectivity index (χ1v) is 3.64. The predicted octanol–water partition coefficient (Wildman–Crippen LogP) is 1.06. The summed E-state index contributed by atoms with van der Waals surface area (Å²) in [6.07, 6.45) is 4.50. The number of rotatable bonds is 1. The standard InChI is InChI=1S/C8H10O2/c1-2-8-6(9)4-3-5-7(8)10-8/h2,7H,1,3-5H2. The average molecular weight is 138 g/mol. The lowest BCUT2D eigenvalue weighted by molar-refractivity contribution is -0.123. The lowest BCUT2D eigenvalue weighted by Gasteiger charge is -2.10. The van der Waals surface area contributed by atoms with Gasteiger partial charge in [0.15, 0.2) is 11.4 Å². The highest BCUT2D eigenvalue weighted by molar-refractivity contribution is 5.93. The summed E-state index contributed by atoms with van der Waals surface area (Å²) in [6, 6.07) is 0. The van der Waals surface area contributed by atoms with Crippen LogP contribution in [0.5, 0.6) is 0 Å². The van der Waals surface area contributed by atoms with Crippen LogP contribution >= 0.6 is 0 Å². The van der Waals surface area contributed by atoms with Crippen LogP contribution in [0, 0.1) is 0 Å². The zero-order chi connectivity index (χ0) is 7.19. The van der Waals surface area contributed by atoms with Crippen molar-refractivity contribution in [3.8, 4) is 0 Å². The number of fused-ring (bicyclic) bond motifs is 1. The van der Waals surface area contributed by atoms with Crippen molar-refractivity contribution in [1.29, 1.82) is 0 Å². The van der Waals surface area contributed by atoms with Crippen molar-refractivity contribution in [1.82, 2.24) is 0 Å². The molecule has 2 atom stereocenters. The molecule has 2 rings (SSSR count). The highest BCUT2D eigenvalue weighted by Crippen LogP contribution is 2.45. The molecule has 1 heterocycles. The van der Waals surface area contributed by atoms with E-state index in [9.17, 15) is 4.79 Å². The van der Waals surface area contributed by atoms with Gasteiger partial charge in [0, 0.05) is 6.42 Å². The van der Waals surface area contributed by atoms with E-state index >= 15 is 0 Å². The van der Waals surface area contributed by atoms with Gasteiger partial charge in [-0.1, -0.05) is 6.58 Å². The van der Waals surface area contributed by atoms with E-state index in [0.717, 1.165) is 12.8 Å². The second kappa shape index (κ2) is 1.70. The first kappa shape index (κ1) is 6.10. The first-order valence-electron chi connectivity index (χ1n) is 3.64. The highest BCUT2D eigenvalue weighted by atomic mass is 16.6. The fourth-order valence-corrected chi connectivity index (χ4v) is 1.66. The molecule has 0 amide bonds. The Morgan fingerprint density at radius 1 is 1.80 bits per heavy atom. The summed E-state index contributed by atoms with van der Waals surface area (Å²) in [6.45, 7) is 3.60. The van der Waals surface area contributed by atoms with Crippen molar-refractivity contribution < 1.29 is 9.53 Å². The molecule has 2 fully saturated rings. The zero-order valence-electron chi connectivity index (χ0n) is 5.80. The summed E-state index contributed by atoms with van der Waals surface area (Å²) in [5.74, 6) is 0.221. The molecule has 1 saturated carbocycles. The summed E-state index contributed by atoms with van der Waals surface area (Å²) in [5.41, 5.74) is -0.530. The van der Waals surface area contributed by atoms with Crippen LogP contribution in [0.15, 0.2) is 12.7 Å². The van der Waals surface area contributed by atoms with Gasteiger partial charge in [0.05, 0.1) is 6.10 Å². The van der Waals surface area contributed by atoms with Crippen LogP contribution in [0.2, 0.25) is 0 Å². The topological polar surface area (TPSA) is 29.6 Å². The van der Waals surface area contributed by atoms with Gasteiger partial charge in [0.2, 0.25) is 0 Å². The molecule has 2 nitrogen and oxygen atoms in total. The Kier molecular flexibility index (Phi) is 1.04. The quantitative estimate of drug-likeness (QED) is 0.400. The number of epoxide rings is 1. The summed E-state index contributed by atoms with van der Waals surface area (Å²) in [5, 5.41) is 0. The summed E-state index contributed by atoms with van der Waals surface area (Å²) < 4.78 is 5.26. The van der Waals surface area contributed by atoms with E-state index in [4.69, 9.17) is 4.74 Å². The molecular formula is C8H10O2. The largest absolute Gasteiger partial charge is 0.353 e. The molecule has 2 unspecified atom stereocenters. The molecule has 0 N–H and O–H groups in total. The minimum Gasteiger partial charge on any atom is -0.353 e. The second-order valence-corrected chi connectivity index (χ2v) is 2.92. The van der Waals surface area contributed by atoms with Crippen LogP contribution in [0.25, 0.3) is 0 Å². The Labute approximate surface area is 59.9 Å². The normalized spacial score (nSPS) is 44.4. The van der Waals surface area contributed by atoms with Gasteiger partial charge in [-0.2, -0.15) is 0 Å². The van der Waals surface area contributed by atoms with Crippen molar-refractivity contribution in [2.45, 2.75) is 31.0 Å². The Hall–Kier alpha value is -0.630. The number of ether oxygens (including phenoxy) is 1. The number of carbonyl (C=O) groups excluding carboxylic acids is 1. The van der Waals surface area contributed by atoms with Crippen molar-refractivity contribution in [2.75, 3.05) is 0 Å². The number of Topliss-reactive ketones (excluding diaryl/α,β-unsaturated/α-hetero) is 1. The molecular weight excluding hydrogens is 128 g/mol. The van der Waals surface area contributed by atoms with E-state index in [0.29, 0.717) is 6.42 Å². The van der Waals surface area contributed by atoms with E-state index in [2.05, 4.69) is 6.58 Å². The predicted molar refractivity (Wildman–Crippen MR) is 36.7 cm³/mol. The van der Waals surface area contributed by atoms with E-state index in [1.165, 1.54) is 0 Å². The Balaban J connectivity index is 2.24. The molecule has 54 valence electrons. The minimum atomic E-state index is -0.530. The van der Waals surface area contributed by atoms with Crippen LogP contribution < -0.4 is 0 Å². The van der Waals surface area contributed by atoms with Crippen LogP contribution in [0.4, 0.5) is 0 Å². The third-order valence-corrected chi connectivity index (χ3v) is 2.37. The molecule has 0 bridgehead atoms. The van der Waals surface area contributed by atoms with Gasteiger partial charge >= 0.3 is 0 Å². The maximum absolute atomic E-state index is 11.2. The Morgan fingerprint density at radius 3 is 3.10 bits per heavy atom. The van der Waals surface area contributed by atoms with Gasteiger partial charge in [0.1, 0.15) is 0 Å². The summed E-state index contributed by atoms with van der Waals surface area (Å²) in [4.78, 5) is 11.2. The van der Waals surface area contributed by atoms with E-state index in [1.54, 1.807) is 6.08 Å². The molecule has 10 heavy (non-hydrogen) atoms. The van der Waals surface area contributed by atoms with Crippen LogP contribution in [-0.4, -0.2) is 17.5 Å². The summed E-state index contributed by atoms with van der Waals surface area (Å²) >= 11 is 0. The van der Waals surface area contributed by atoms with Gasteiger partial charge in [-0.15, -0.1) is 0 Å². The third kappa shape index (κ3) is 0.548. The highest BCUT2D eigenvalue weighted by Gasteiger charge is 2.60.